The van der Waals surface area contributed by atoms with Gasteiger partial charge in [0.15, 0.2) is 0 Å². The van der Waals surface area contributed by atoms with Crippen molar-refractivity contribution in [3.63, 3.8) is 0 Å². The number of carboxylic acid groups (broad SMARTS) is 1. The molecule has 0 radical (unpaired) electrons. The Labute approximate surface area is 162 Å². The number of aliphatic carboxylic acids is 1. The van der Waals surface area contributed by atoms with Crippen molar-refractivity contribution in [2.24, 2.45) is 5.73 Å². The van der Waals surface area contributed by atoms with Crippen molar-refractivity contribution in [1.82, 2.24) is 0 Å². The summed E-state index contributed by atoms with van der Waals surface area (Å²) >= 11 is 0. The van der Waals surface area contributed by atoms with E-state index in [9.17, 15) is 22.8 Å². The molecule has 6 nitrogen and oxygen atoms in total. The second-order valence-corrected chi connectivity index (χ2v) is 6.52. The highest BCUT2D eigenvalue weighted by Crippen LogP contribution is 2.38. The van der Waals surface area contributed by atoms with Crippen molar-refractivity contribution in [3.8, 4) is 5.75 Å². The summed E-state index contributed by atoms with van der Waals surface area (Å²) in [5.74, 6) is -2.47. The number of ether oxygens (including phenoxy) is 1. The minimum atomic E-state index is -4.67. The van der Waals surface area contributed by atoms with Gasteiger partial charge in [-0.25, -0.2) is 0 Å². The fourth-order valence-electron chi connectivity index (χ4n) is 2.54. The fraction of sp³-hybridized carbons (Fsp3) is 0.579. The average molecular weight is 404 g/mol. The number of amides is 1. The van der Waals surface area contributed by atoms with E-state index in [0.29, 0.717) is 6.42 Å². The standard InChI is InChI=1S/C19H27F3N2O4/c1-2-3-4-5-6-7-10-28-16-9-8-13(11-14(16)19(20,21)22)24-18(27)15(23)12-17(25)26/h8-9,11,15H,2-7,10,12,23H2,1H3,(H,24,27)(H,25,26). The van der Waals surface area contributed by atoms with Crippen LogP contribution in [0.25, 0.3) is 0 Å². The molecule has 0 aliphatic rings. The molecule has 158 valence electrons. The first-order valence-corrected chi connectivity index (χ1v) is 9.27. The third-order valence-electron chi connectivity index (χ3n) is 4.04. The van der Waals surface area contributed by atoms with Gasteiger partial charge in [0.2, 0.25) is 5.91 Å². The third kappa shape index (κ3) is 8.60. The number of carbonyl (C=O) groups is 2. The number of benzene rings is 1. The Hall–Kier alpha value is -2.29. The van der Waals surface area contributed by atoms with Crippen molar-refractivity contribution in [2.45, 2.75) is 64.1 Å². The molecule has 1 unspecified atom stereocenters. The maximum atomic E-state index is 13.3. The van der Waals surface area contributed by atoms with Crippen LogP contribution >= 0.6 is 0 Å². The summed E-state index contributed by atoms with van der Waals surface area (Å²) in [5, 5.41) is 10.8. The van der Waals surface area contributed by atoms with Gasteiger partial charge in [0.05, 0.1) is 24.6 Å². The second-order valence-electron chi connectivity index (χ2n) is 6.52. The van der Waals surface area contributed by atoms with Crippen LogP contribution in [0.4, 0.5) is 18.9 Å². The number of halogens is 3. The summed E-state index contributed by atoms with van der Waals surface area (Å²) < 4.78 is 45.2. The van der Waals surface area contributed by atoms with Gasteiger partial charge in [-0.2, -0.15) is 13.2 Å². The molecule has 0 spiro atoms. The first kappa shape index (κ1) is 23.7. The zero-order valence-corrected chi connectivity index (χ0v) is 15.8. The number of hydrogen-bond acceptors (Lipinski definition) is 4. The van der Waals surface area contributed by atoms with Gasteiger partial charge in [0.25, 0.3) is 0 Å². The zero-order valence-electron chi connectivity index (χ0n) is 15.8. The number of carboxylic acids is 1. The Morgan fingerprint density at radius 1 is 1.18 bits per heavy atom. The molecule has 28 heavy (non-hydrogen) atoms. The van der Waals surface area contributed by atoms with Crippen LogP contribution in [0.3, 0.4) is 0 Å². The van der Waals surface area contributed by atoms with Gasteiger partial charge in [-0.05, 0) is 24.6 Å². The Bertz CT molecular complexity index is 651. The van der Waals surface area contributed by atoms with E-state index in [2.05, 4.69) is 12.2 Å². The molecule has 0 saturated heterocycles. The Kier molecular flexibility index (Phi) is 9.78. The van der Waals surface area contributed by atoms with Crippen LogP contribution in [0.5, 0.6) is 5.75 Å². The number of anilines is 1. The van der Waals surface area contributed by atoms with Crippen molar-refractivity contribution >= 4 is 17.6 Å². The number of rotatable bonds is 12. The molecule has 1 aromatic carbocycles. The Morgan fingerprint density at radius 3 is 2.43 bits per heavy atom. The lowest BCUT2D eigenvalue weighted by Gasteiger charge is -2.16. The monoisotopic (exact) mass is 404 g/mol. The van der Waals surface area contributed by atoms with E-state index < -0.39 is 36.1 Å². The van der Waals surface area contributed by atoms with Crippen LogP contribution in [0, 0.1) is 0 Å². The summed E-state index contributed by atoms with van der Waals surface area (Å²) in [6.07, 6.45) is 0.629. The van der Waals surface area contributed by atoms with E-state index in [1.54, 1.807) is 0 Å². The molecule has 0 aromatic heterocycles. The molecule has 1 aromatic rings. The second kappa shape index (κ2) is 11.5. The molecule has 0 saturated carbocycles. The van der Waals surface area contributed by atoms with E-state index in [-0.39, 0.29) is 18.0 Å². The minimum absolute atomic E-state index is 0.134. The topological polar surface area (TPSA) is 102 Å². The van der Waals surface area contributed by atoms with Gasteiger partial charge in [-0.15, -0.1) is 0 Å². The van der Waals surface area contributed by atoms with Crippen LogP contribution < -0.4 is 15.8 Å². The third-order valence-corrected chi connectivity index (χ3v) is 4.04. The van der Waals surface area contributed by atoms with Gasteiger partial charge in [0, 0.05) is 5.69 Å². The van der Waals surface area contributed by atoms with Crippen LogP contribution in [0.2, 0.25) is 0 Å². The van der Waals surface area contributed by atoms with E-state index in [0.717, 1.165) is 44.2 Å². The van der Waals surface area contributed by atoms with Gasteiger partial charge in [0.1, 0.15) is 5.75 Å². The zero-order chi connectivity index (χ0) is 21.2. The van der Waals surface area contributed by atoms with Gasteiger partial charge in [-0.3, -0.25) is 9.59 Å². The first-order chi connectivity index (χ1) is 13.1. The van der Waals surface area contributed by atoms with Crippen LogP contribution in [0.1, 0.15) is 57.4 Å². The predicted molar refractivity (Wildman–Crippen MR) is 99.2 cm³/mol. The average Bonchev–Trinajstić information content (AvgIpc) is 2.60. The van der Waals surface area contributed by atoms with Crippen LogP contribution in [-0.2, 0) is 15.8 Å². The molecule has 1 amide bonds. The SMILES string of the molecule is CCCCCCCCOc1ccc(NC(=O)C(N)CC(=O)O)cc1C(F)(F)F. The molecule has 9 heteroatoms. The minimum Gasteiger partial charge on any atom is -0.493 e. The highest BCUT2D eigenvalue weighted by molar-refractivity contribution is 5.96. The highest BCUT2D eigenvalue weighted by Gasteiger charge is 2.35. The van der Waals surface area contributed by atoms with Crippen molar-refractivity contribution in [3.05, 3.63) is 23.8 Å². The number of unbranched alkanes of at least 4 members (excludes halogenated alkanes) is 5. The van der Waals surface area contributed by atoms with Crippen molar-refractivity contribution < 1.29 is 32.6 Å². The summed E-state index contributed by atoms with van der Waals surface area (Å²) in [6.45, 7) is 2.28. The number of hydrogen-bond donors (Lipinski definition) is 3. The lowest BCUT2D eigenvalue weighted by Crippen LogP contribution is -2.37. The Morgan fingerprint density at radius 2 is 1.82 bits per heavy atom. The van der Waals surface area contributed by atoms with Crippen LogP contribution in [-0.4, -0.2) is 29.6 Å². The largest absolute Gasteiger partial charge is 0.493 e. The molecule has 1 rings (SSSR count). The fourth-order valence-corrected chi connectivity index (χ4v) is 2.54. The van der Waals surface area contributed by atoms with E-state index in [1.165, 1.54) is 6.07 Å². The van der Waals surface area contributed by atoms with E-state index in [1.807, 2.05) is 0 Å². The van der Waals surface area contributed by atoms with Crippen molar-refractivity contribution in [1.29, 1.82) is 0 Å². The number of carbonyl (C=O) groups excluding carboxylic acids is 1. The molecule has 0 aliphatic carbocycles. The maximum Gasteiger partial charge on any atom is 0.420 e. The summed E-state index contributed by atoms with van der Waals surface area (Å²) in [6, 6.07) is 1.78. The quantitative estimate of drug-likeness (QED) is 0.454. The van der Waals surface area contributed by atoms with E-state index >= 15 is 0 Å². The number of nitrogens with one attached hydrogen (secondary N) is 1. The lowest BCUT2D eigenvalue weighted by molar-refractivity contribution is -0.139. The normalized spacial score (nSPS) is 12.5. The molecular weight excluding hydrogens is 377 g/mol. The molecule has 0 fully saturated rings. The summed E-state index contributed by atoms with van der Waals surface area (Å²) in [7, 11) is 0. The Balaban J connectivity index is 2.72. The van der Waals surface area contributed by atoms with Crippen molar-refractivity contribution in [2.75, 3.05) is 11.9 Å². The maximum absolute atomic E-state index is 13.3. The molecular formula is C19H27F3N2O4. The smallest absolute Gasteiger partial charge is 0.420 e. The number of alkyl halides is 3. The molecule has 0 bridgehead atoms. The van der Waals surface area contributed by atoms with Gasteiger partial charge >= 0.3 is 12.1 Å². The molecule has 0 aliphatic heterocycles. The highest BCUT2D eigenvalue weighted by atomic mass is 19.4. The van der Waals surface area contributed by atoms with E-state index in [4.69, 9.17) is 15.6 Å². The summed E-state index contributed by atoms with van der Waals surface area (Å²) in [5.41, 5.74) is 4.26. The van der Waals surface area contributed by atoms with Gasteiger partial charge < -0.3 is 20.9 Å². The number of nitrogens with two attached hydrogens (primary N) is 1. The van der Waals surface area contributed by atoms with Crippen LogP contribution in [0.15, 0.2) is 18.2 Å². The molecule has 0 heterocycles. The lowest BCUT2D eigenvalue weighted by atomic mass is 10.1. The first-order valence-electron chi connectivity index (χ1n) is 9.27. The predicted octanol–water partition coefficient (Wildman–Crippen LogP) is 4.19. The molecule has 4 N–H and O–H groups in total. The summed E-state index contributed by atoms with van der Waals surface area (Å²) in [4.78, 5) is 22.4. The van der Waals surface area contributed by atoms with Gasteiger partial charge in [-0.1, -0.05) is 39.0 Å². The molecule has 1 atom stereocenters.